The average Bonchev–Trinajstić information content (AvgIpc) is 3.20. The van der Waals surface area contributed by atoms with E-state index in [1.165, 1.54) is 35.9 Å². The number of fused-ring (bicyclic) bond motifs is 1. The topological polar surface area (TPSA) is 75.8 Å². The molecule has 6 nitrogen and oxygen atoms in total. The summed E-state index contributed by atoms with van der Waals surface area (Å²) in [5, 5.41) is 9.04. The normalized spacial score (nSPS) is 18.4. The summed E-state index contributed by atoms with van der Waals surface area (Å²) in [5.74, 6) is 0. The van der Waals surface area contributed by atoms with Crippen LogP contribution in [-0.2, 0) is 6.42 Å². The molecule has 1 atom stereocenters. The molecule has 1 unspecified atom stereocenters. The third-order valence-electron chi connectivity index (χ3n) is 4.90. The maximum absolute atomic E-state index is 5.77. The number of H-pyrrole nitrogens is 1. The molecule has 0 saturated carbocycles. The summed E-state index contributed by atoms with van der Waals surface area (Å²) in [6.45, 7) is 3.13. The minimum atomic E-state index is 0.610. The van der Waals surface area contributed by atoms with E-state index < -0.39 is 0 Å². The van der Waals surface area contributed by atoms with Crippen LogP contribution in [0.5, 0.6) is 0 Å². The molecule has 2 aromatic heterocycles. The molecule has 3 aromatic rings. The lowest BCUT2D eigenvalue weighted by atomic mass is 10.0. The number of hydrogen-bond donors (Lipinski definition) is 2. The van der Waals surface area contributed by atoms with E-state index in [-0.39, 0.29) is 0 Å². The second-order valence-corrected chi connectivity index (χ2v) is 6.23. The van der Waals surface area contributed by atoms with E-state index in [2.05, 4.69) is 44.5 Å². The Labute approximate surface area is 135 Å². The Morgan fingerprint density at radius 1 is 1.26 bits per heavy atom. The van der Waals surface area contributed by atoms with Gasteiger partial charge < -0.3 is 10.7 Å². The van der Waals surface area contributed by atoms with Crippen LogP contribution in [0.1, 0.15) is 18.4 Å². The third kappa shape index (κ3) is 2.75. The molecule has 0 amide bonds. The summed E-state index contributed by atoms with van der Waals surface area (Å²) >= 11 is 0. The Morgan fingerprint density at radius 3 is 2.87 bits per heavy atom. The predicted molar refractivity (Wildman–Crippen MR) is 90.6 cm³/mol. The van der Waals surface area contributed by atoms with Gasteiger partial charge >= 0.3 is 0 Å². The fraction of sp³-hybridized carbons (Fsp3) is 0.412. The van der Waals surface area contributed by atoms with Crippen LogP contribution in [0.25, 0.3) is 16.6 Å². The van der Waals surface area contributed by atoms with Crippen LogP contribution < -0.4 is 5.73 Å². The molecule has 0 spiro atoms. The molecule has 6 heteroatoms. The fourth-order valence-corrected chi connectivity index (χ4v) is 3.40. The lowest BCUT2D eigenvalue weighted by Crippen LogP contribution is -2.51. The molecule has 1 saturated heterocycles. The quantitative estimate of drug-likeness (QED) is 0.727. The van der Waals surface area contributed by atoms with Crippen LogP contribution in [0.4, 0.5) is 0 Å². The first-order valence-electron chi connectivity index (χ1n) is 8.24. The highest BCUT2D eigenvalue weighted by Crippen LogP contribution is 2.23. The van der Waals surface area contributed by atoms with Crippen LogP contribution >= 0.6 is 0 Å². The molecular weight excluding hydrogens is 288 g/mol. The number of hydrogen-bond acceptors (Lipinski definition) is 4. The first kappa shape index (κ1) is 14.4. The summed E-state index contributed by atoms with van der Waals surface area (Å²) in [5.41, 5.74) is 9.42. The Hall–Kier alpha value is -2.18. The van der Waals surface area contributed by atoms with Gasteiger partial charge in [-0.1, -0.05) is 0 Å². The van der Waals surface area contributed by atoms with Crippen molar-refractivity contribution in [2.24, 2.45) is 5.73 Å². The number of benzene rings is 1. The Bertz CT molecular complexity index is 774. The van der Waals surface area contributed by atoms with E-state index >= 15 is 0 Å². The predicted octanol–water partition coefficient (Wildman–Crippen LogP) is 1.71. The van der Waals surface area contributed by atoms with E-state index in [4.69, 9.17) is 5.73 Å². The number of nitrogens with one attached hydrogen (secondary N) is 1. The number of aromatic nitrogens is 4. The molecule has 1 aliphatic heterocycles. The number of nitrogens with two attached hydrogens (primary N) is 1. The highest BCUT2D eigenvalue weighted by atomic mass is 15.2. The lowest BCUT2D eigenvalue weighted by Gasteiger charge is -2.40. The van der Waals surface area contributed by atoms with Gasteiger partial charge in [0.15, 0.2) is 0 Å². The monoisotopic (exact) mass is 310 g/mol. The van der Waals surface area contributed by atoms with Crippen molar-refractivity contribution >= 4 is 10.9 Å². The van der Waals surface area contributed by atoms with Crippen LogP contribution in [0, 0.1) is 0 Å². The minimum absolute atomic E-state index is 0.610. The largest absolute Gasteiger partial charge is 0.361 e. The van der Waals surface area contributed by atoms with Crippen molar-refractivity contribution in [1.82, 2.24) is 24.6 Å². The molecule has 0 bridgehead atoms. The SMILES string of the molecule is NCC1CCN1CCCc1c[nH]c2ccc(-n3cnnc3)cc12. The van der Waals surface area contributed by atoms with Gasteiger partial charge in [-0.05, 0) is 49.6 Å². The zero-order chi connectivity index (χ0) is 15.6. The van der Waals surface area contributed by atoms with Crippen molar-refractivity contribution in [3.63, 3.8) is 0 Å². The van der Waals surface area contributed by atoms with Gasteiger partial charge in [0.2, 0.25) is 0 Å². The summed E-state index contributed by atoms with van der Waals surface area (Å²) in [4.78, 5) is 5.87. The van der Waals surface area contributed by atoms with Gasteiger partial charge in [-0.25, -0.2) is 0 Å². The Morgan fingerprint density at radius 2 is 2.13 bits per heavy atom. The highest BCUT2D eigenvalue weighted by Gasteiger charge is 2.25. The smallest absolute Gasteiger partial charge is 0.123 e. The van der Waals surface area contributed by atoms with E-state index in [1.807, 2.05) is 4.57 Å². The van der Waals surface area contributed by atoms with E-state index in [9.17, 15) is 0 Å². The second kappa shape index (κ2) is 6.14. The lowest BCUT2D eigenvalue weighted by molar-refractivity contribution is 0.0957. The number of aromatic amines is 1. The van der Waals surface area contributed by atoms with E-state index in [0.717, 1.165) is 25.2 Å². The Balaban J connectivity index is 1.48. The summed E-state index contributed by atoms with van der Waals surface area (Å²) in [6, 6.07) is 7.02. The molecule has 1 aliphatic rings. The van der Waals surface area contributed by atoms with Gasteiger partial charge in [-0.15, -0.1) is 10.2 Å². The molecule has 1 aromatic carbocycles. The van der Waals surface area contributed by atoms with Crippen LogP contribution in [0.2, 0.25) is 0 Å². The van der Waals surface area contributed by atoms with Crippen molar-refractivity contribution in [1.29, 1.82) is 0 Å². The zero-order valence-corrected chi connectivity index (χ0v) is 13.2. The molecule has 120 valence electrons. The van der Waals surface area contributed by atoms with E-state index in [1.54, 1.807) is 12.7 Å². The van der Waals surface area contributed by atoms with Crippen molar-refractivity contribution in [3.8, 4) is 5.69 Å². The zero-order valence-electron chi connectivity index (χ0n) is 13.2. The maximum Gasteiger partial charge on any atom is 0.123 e. The van der Waals surface area contributed by atoms with Crippen molar-refractivity contribution < 1.29 is 0 Å². The fourth-order valence-electron chi connectivity index (χ4n) is 3.40. The van der Waals surface area contributed by atoms with Crippen molar-refractivity contribution in [3.05, 3.63) is 42.6 Å². The average molecular weight is 310 g/mol. The maximum atomic E-state index is 5.77. The van der Waals surface area contributed by atoms with Crippen LogP contribution in [0.3, 0.4) is 0 Å². The van der Waals surface area contributed by atoms with Crippen molar-refractivity contribution in [2.75, 3.05) is 19.6 Å². The molecule has 3 heterocycles. The minimum Gasteiger partial charge on any atom is -0.361 e. The molecule has 3 N–H and O–H groups in total. The van der Waals surface area contributed by atoms with Gasteiger partial charge in [0, 0.05) is 41.9 Å². The number of likely N-dealkylation sites (tertiary alicyclic amines) is 1. The van der Waals surface area contributed by atoms with Gasteiger partial charge in [-0.2, -0.15) is 0 Å². The second-order valence-electron chi connectivity index (χ2n) is 6.23. The first-order valence-corrected chi connectivity index (χ1v) is 8.24. The first-order chi connectivity index (χ1) is 11.3. The van der Waals surface area contributed by atoms with Crippen LogP contribution in [-0.4, -0.2) is 50.3 Å². The molecule has 23 heavy (non-hydrogen) atoms. The molecule has 0 radical (unpaired) electrons. The highest BCUT2D eigenvalue weighted by molar-refractivity contribution is 5.85. The number of rotatable bonds is 6. The standard InChI is InChI=1S/C17H22N6/c18-9-15-5-7-22(15)6-1-2-13-10-19-17-4-3-14(8-16(13)17)23-11-20-21-12-23/h3-4,8,10-12,15,19H,1-2,5-7,9,18H2. The number of nitrogens with zero attached hydrogens (tertiary/aromatic N) is 4. The molecule has 4 rings (SSSR count). The molecular formula is C17H22N6. The van der Waals surface area contributed by atoms with Gasteiger partial charge in [0.25, 0.3) is 0 Å². The Kier molecular flexibility index (Phi) is 3.85. The van der Waals surface area contributed by atoms with Gasteiger partial charge in [0.05, 0.1) is 0 Å². The van der Waals surface area contributed by atoms with Crippen molar-refractivity contribution in [2.45, 2.75) is 25.3 Å². The van der Waals surface area contributed by atoms with Gasteiger partial charge in [0.1, 0.15) is 12.7 Å². The van der Waals surface area contributed by atoms with Gasteiger partial charge in [-0.3, -0.25) is 9.47 Å². The van der Waals surface area contributed by atoms with Crippen LogP contribution in [0.15, 0.2) is 37.1 Å². The third-order valence-corrected chi connectivity index (χ3v) is 4.90. The van der Waals surface area contributed by atoms with E-state index in [0.29, 0.717) is 6.04 Å². The number of aryl methyl sites for hydroxylation is 1. The summed E-state index contributed by atoms with van der Waals surface area (Å²) in [6.07, 6.45) is 9.09. The molecule has 0 aliphatic carbocycles. The summed E-state index contributed by atoms with van der Waals surface area (Å²) < 4.78 is 1.93. The summed E-state index contributed by atoms with van der Waals surface area (Å²) in [7, 11) is 0. The molecule has 1 fully saturated rings.